The molecule has 8 aromatic rings. The molecule has 0 saturated carbocycles. The van der Waals surface area contributed by atoms with Crippen LogP contribution in [0.1, 0.15) is 151 Å². The highest BCUT2D eigenvalue weighted by Crippen LogP contribution is 2.51. The van der Waals surface area contributed by atoms with Crippen molar-refractivity contribution < 1.29 is 9.59 Å². The highest BCUT2D eigenvalue weighted by Gasteiger charge is 2.39. The van der Waals surface area contributed by atoms with Gasteiger partial charge in [0.1, 0.15) is 0 Å². The number of carbonyl (C=O) groups is 2. The number of hydrogen-bond donors (Lipinski definition) is 0. The molecule has 2 amide bonds. The second-order valence-corrected chi connectivity index (χ2v) is 16.9. The zero-order valence-electron chi connectivity index (χ0n) is 34.5. The van der Waals surface area contributed by atoms with Gasteiger partial charge in [0, 0.05) is 34.6 Å². The van der Waals surface area contributed by atoms with Crippen LogP contribution in [0.4, 0.5) is 0 Å². The lowest BCUT2D eigenvalue weighted by molar-refractivity contribution is 0.0521. The van der Waals surface area contributed by atoms with E-state index in [4.69, 9.17) is 0 Å². The maximum atomic E-state index is 14.9. The summed E-state index contributed by atoms with van der Waals surface area (Å²) in [5.74, 6) is -0.729. The maximum absolute atomic E-state index is 14.9. The van der Waals surface area contributed by atoms with Gasteiger partial charge in [-0.25, -0.2) is 0 Å². The Bertz CT molecular complexity index is 3180. The Kier molecular flexibility index (Phi) is 9.29. The van der Waals surface area contributed by atoms with Crippen LogP contribution in [0.25, 0.3) is 75.4 Å². The monoisotopic (exact) mass is 777 g/mol. The summed E-state index contributed by atoms with van der Waals surface area (Å²) < 4.78 is 2.91. The second kappa shape index (κ2) is 14.1. The lowest BCUT2D eigenvalue weighted by atomic mass is 9.79. The molecule has 298 valence electrons. The maximum Gasteiger partial charge on any atom is 0.262 e. The number of fused-ring (bicyclic) bond motifs is 6. The van der Waals surface area contributed by atoms with Gasteiger partial charge in [0.2, 0.25) is 0 Å². The Labute approximate surface area is 335 Å². The molecule has 1 aliphatic heterocycles. The molecule has 3 heterocycles. The normalized spacial score (nSPS) is 13.9. The van der Waals surface area contributed by atoms with Gasteiger partial charge in [0.05, 0.1) is 21.5 Å². The minimum atomic E-state index is -0.395. The SMILES string of the molecule is CCCC(CCC)N1C(=O)c2ccc3c4cc5c(=O)n(C(CCC)CCC)c(=O)c5c5ccc6c7c(=O)n(C(CCC)CCC)c(=O)c7c7cc(c2c3c7c6c45)C1=O. The third kappa shape index (κ3) is 4.94. The van der Waals surface area contributed by atoms with Crippen LogP contribution < -0.4 is 22.2 Å². The Balaban J connectivity index is 1.53. The number of aromatic nitrogens is 2. The molecule has 0 unspecified atom stereocenters. The largest absolute Gasteiger partial charge is 0.271 e. The smallest absolute Gasteiger partial charge is 0.262 e. The molecule has 2 aromatic heterocycles. The van der Waals surface area contributed by atoms with Crippen LogP contribution in [0.2, 0.25) is 0 Å². The lowest BCUT2D eigenvalue weighted by Gasteiger charge is -2.34. The van der Waals surface area contributed by atoms with Crippen LogP contribution >= 0.6 is 0 Å². The van der Waals surface area contributed by atoms with E-state index in [1.165, 1.54) is 14.0 Å². The molecule has 0 N–H and O–H groups in total. The fourth-order valence-electron chi connectivity index (χ4n) is 11.1. The molecule has 58 heavy (non-hydrogen) atoms. The van der Waals surface area contributed by atoms with Gasteiger partial charge < -0.3 is 0 Å². The van der Waals surface area contributed by atoms with Gasteiger partial charge in [-0.1, -0.05) is 98.3 Å². The summed E-state index contributed by atoms with van der Waals surface area (Å²) >= 11 is 0. The molecule has 0 spiro atoms. The summed E-state index contributed by atoms with van der Waals surface area (Å²) in [5.41, 5.74) is -0.573. The number of carbonyl (C=O) groups excluding carboxylic acids is 2. The lowest BCUT2D eigenvalue weighted by Crippen LogP contribution is -2.47. The van der Waals surface area contributed by atoms with Crippen LogP contribution in [-0.4, -0.2) is 31.9 Å². The molecule has 0 atom stereocenters. The fraction of sp³-hybridized carbons (Fsp3) is 0.429. The highest BCUT2D eigenvalue weighted by molar-refractivity contribution is 6.48. The van der Waals surface area contributed by atoms with Crippen LogP contribution in [0.15, 0.2) is 55.6 Å². The number of benzene rings is 6. The molecular weight excluding hydrogens is 727 g/mol. The van der Waals surface area contributed by atoms with Gasteiger partial charge in [-0.05, 0) is 105 Å². The van der Waals surface area contributed by atoms with Gasteiger partial charge in [0.25, 0.3) is 34.1 Å². The molecule has 9 heteroatoms. The van der Waals surface area contributed by atoms with Crippen molar-refractivity contribution in [3.8, 4) is 0 Å². The third-order valence-electron chi connectivity index (χ3n) is 13.4. The molecule has 9 rings (SSSR count). The minimum Gasteiger partial charge on any atom is -0.271 e. The van der Waals surface area contributed by atoms with E-state index < -0.39 is 5.91 Å². The van der Waals surface area contributed by atoms with Gasteiger partial charge in [0.15, 0.2) is 0 Å². The van der Waals surface area contributed by atoms with Crippen LogP contribution in [0.5, 0.6) is 0 Å². The molecule has 0 bridgehead atoms. The second-order valence-electron chi connectivity index (χ2n) is 16.9. The number of rotatable bonds is 15. The summed E-state index contributed by atoms with van der Waals surface area (Å²) in [7, 11) is 0. The summed E-state index contributed by atoms with van der Waals surface area (Å²) in [6, 6.07) is 10.2. The zero-order chi connectivity index (χ0) is 40.9. The first-order valence-corrected chi connectivity index (χ1v) is 21.8. The van der Waals surface area contributed by atoms with E-state index in [0.717, 1.165) is 49.3 Å². The fourth-order valence-corrected chi connectivity index (χ4v) is 11.1. The topological polar surface area (TPSA) is 116 Å². The van der Waals surface area contributed by atoms with Crippen LogP contribution in [0, 0.1) is 0 Å². The third-order valence-corrected chi connectivity index (χ3v) is 13.4. The molecule has 0 saturated heterocycles. The molecule has 9 nitrogen and oxygen atoms in total. The average Bonchev–Trinajstić information content (AvgIpc) is 3.62. The van der Waals surface area contributed by atoms with E-state index in [9.17, 15) is 28.8 Å². The van der Waals surface area contributed by atoms with Gasteiger partial charge >= 0.3 is 0 Å². The Morgan fingerprint density at radius 2 is 0.793 bits per heavy atom. The van der Waals surface area contributed by atoms with E-state index in [2.05, 4.69) is 41.5 Å². The van der Waals surface area contributed by atoms with Crippen molar-refractivity contribution in [1.82, 2.24) is 14.0 Å². The number of nitrogens with zero attached hydrogens (tertiary/aromatic N) is 3. The number of imide groups is 1. The predicted molar refractivity (Wildman–Crippen MR) is 237 cm³/mol. The first-order valence-electron chi connectivity index (χ1n) is 21.8. The van der Waals surface area contributed by atoms with E-state index in [1.54, 1.807) is 12.1 Å². The Morgan fingerprint density at radius 1 is 0.362 bits per heavy atom. The number of hydrogen-bond acceptors (Lipinski definition) is 6. The summed E-state index contributed by atoms with van der Waals surface area (Å²) in [6.45, 7) is 12.3. The predicted octanol–water partition coefficient (Wildman–Crippen LogP) is 10.4. The van der Waals surface area contributed by atoms with E-state index in [1.807, 2.05) is 24.3 Å². The first-order chi connectivity index (χ1) is 28.1. The van der Waals surface area contributed by atoms with Crippen molar-refractivity contribution >= 4 is 87.2 Å². The molecule has 0 radical (unpaired) electrons. The Morgan fingerprint density at radius 3 is 1.36 bits per heavy atom. The first kappa shape index (κ1) is 38.1. The Hall–Kier alpha value is -5.44. The quantitative estimate of drug-likeness (QED) is 0.0581. The summed E-state index contributed by atoms with van der Waals surface area (Å²) in [4.78, 5) is 89.8. The van der Waals surface area contributed by atoms with Crippen molar-refractivity contribution in [2.45, 2.75) is 137 Å². The molecule has 0 aliphatic carbocycles. The van der Waals surface area contributed by atoms with E-state index in [0.29, 0.717) is 109 Å². The van der Waals surface area contributed by atoms with Crippen molar-refractivity contribution in [1.29, 1.82) is 0 Å². The van der Waals surface area contributed by atoms with E-state index >= 15 is 0 Å². The van der Waals surface area contributed by atoms with Crippen molar-refractivity contribution in [2.24, 2.45) is 0 Å². The summed E-state index contributed by atoms with van der Waals surface area (Å²) in [6.07, 6.45) is 8.96. The van der Waals surface area contributed by atoms with Gasteiger partial charge in [-0.2, -0.15) is 0 Å². The van der Waals surface area contributed by atoms with Gasteiger partial charge in [-0.3, -0.25) is 42.8 Å². The molecule has 6 aromatic carbocycles. The van der Waals surface area contributed by atoms with Crippen molar-refractivity contribution in [2.75, 3.05) is 0 Å². The van der Waals surface area contributed by atoms with Crippen LogP contribution in [0.3, 0.4) is 0 Å². The average molecular weight is 778 g/mol. The minimum absolute atomic E-state index is 0.233. The van der Waals surface area contributed by atoms with E-state index in [-0.39, 0.29) is 51.7 Å². The zero-order valence-corrected chi connectivity index (χ0v) is 34.5. The number of amides is 2. The summed E-state index contributed by atoms with van der Waals surface area (Å²) in [5, 5.41) is 7.81. The highest BCUT2D eigenvalue weighted by atomic mass is 16.2. The standard InChI is InChI=1S/C49H51N3O6/c1-7-13-25(14-8-2)50-44(53)31-22-19-28-32-23-35-38(47(56)51(46(35)55)26(15-9-3)16-10-4)29-20-21-30-40(36(29)32)41-33(24-34(45(50)54)37(31)39(28)41)43-42(30)48(57)52(49(43)58)27(17-11-5)18-12-6/h19-27H,7-18H2,1-6H3. The molecular formula is C49H51N3O6. The van der Waals surface area contributed by atoms with Crippen LogP contribution in [-0.2, 0) is 0 Å². The van der Waals surface area contributed by atoms with Crippen molar-refractivity contribution in [3.63, 3.8) is 0 Å². The van der Waals surface area contributed by atoms with Gasteiger partial charge in [-0.15, -0.1) is 0 Å². The molecule has 1 aliphatic rings. The van der Waals surface area contributed by atoms with Crippen molar-refractivity contribution in [3.05, 3.63) is 88.9 Å². The molecule has 0 fully saturated rings.